The minimum absolute atomic E-state index is 0.0558. The molecule has 0 aromatic carbocycles. The molecule has 2 rings (SSSR count). The Bertz CT molecular complexity index is 468. The number of aromatic nitrogens is 2. The highest BCUT2D eigenvalue weighted by Gasteiger charge is 2.19. The Balaban J connectivity index is 1.91. The smallest absolute Gasteiger partial charge is 0.243 e. The zero-order valence-electron chi connectivity index (χ0n) is 9.46. The van der Waals surface area contributed by atoms with Crippen LogP contribution in [0.3, 0.4) is 0 Å². The largest absolute Gasteiger partial charge is 0.368 e. The molecule has 17 heavy (non-hydrogen) atoms. The normalized spacial score (nSPS) is 16.7. The summed E-state index contributed by atoms with van der Waals surface area (Å²) < 4.78 is 26.1. The second-order valence-electron chi connectivity index (χ2n) is 4.26. The third-order valence-corrected chi connectivity index (χ3v) is 4.44. The van der Waals surface area contributed by atoms with Gasteiger partial charge in [0, 0.05) is 6.54 Å². The zero-order valence-corrected chi connectivity index (χ0v) is 10.3. The Labute approximate surface area is 101 Å². The summed E-state index contributed by atoms with van der Waals surface area (Å²) >= 11 is 0. The molecule has 1 aromatic rings. The highest BCUT2D eigenvalue weighted by atomic mass is 32.2. The van der Waals surface area contributed by atoms with Crippen molar-refractivity contribution < 1.29 is 8.42 Å². The molecule has 0 bridgehead atoms. The number of nitrogens with zero attached hydrogens (tertiary/aromatic N) is 2. The molecule has 1 heterocycles. The van der Waals surface area contributed by atoms with E-state index in [1.54, 1.807) is 0 Å². The summed E-state index contributed by atoms with van der Waals surface area (Å²) in [6.07, 6.45) is 7.03. The molecule has 0 amide bonds. The van der Waals surface area contributed by atoms with Crippen LogP contribution in [0, 0.1) is 5.92 Å². The summed E-state index contributed by atoms with van der Waals surface area (Å²) in [5.74, 6) is 0.749. The number of sulfonamides is 1. The summed E-state index contributed by atoms with van der Waals surface area (Å²) in [6.45, 7) is 0.470. The third-order valence-electron chi connectivity index (χ3n) is 3.03. The SMILES string of the molecule is Nc1ncc(S(=O)(=O)NCCC2CCC2)cn1. The van der Waals surface area contributed by atoms with Crippen LogP contribution in [0.2, 0.25) is 0 Å². The van der Waals surface area contributed by atoms with Gasteiger partial charge in [0.15, 0.2) is 0 Å². The molecule has 0 radical (unpaired) electrons. The number of nitrogens with two attached hydrogens (primary N) is 1. The molecule has 3 N–H and O–H groups in total. The predicted octanol–water partition coefficient (Wildman–Crippen LogP) is 0.527. The molecule has 0 atom stereocenters. The van der Waals surface area contributed by atoms with Crippen LogP contribution in [0.4, 0.5) is 5.95 Å². The number of nitrogens with one attached hydrogen (secondary N) is 1. The number of anilines is 1. The van der Waals surface area contributed by atoms with Crippen LogP contribution in [0.15, 0.2) is 17.3 Å². The Morgan fingerprint density at radius 3 is 2.53 bits per heavy atom. The lowest BCUT2D eigenvalue weighted by Gasteiger charge is -2.25. The van der Waals surface area contributed by atoms with Crippen molar-refractivity contribution in [3.8, 4) is 0 Å². The van der Waals surface area contributed by atoms with E-state index in [9.17, 15) is 8.42 Å². The van der Waals surface area contributed by atoms with E-state index >= 15 is 0 Å². The van der Waals surface area contributed by atoms with Gasteiger partial charge in [-0.3, -0.25) is 0 Å². The molecule has 0 saturated heterocycles. The second-order valence-corrected chi connectivity index (χ2v) is 6.03. The van der Waals surface area contributed by atoms with Crippen LogP contribution in [-0.2, 0) is 10.0 Å². The molecule has 1 fully saturated rings. The molecule has 1 aromatic heterocycles. The van der Waals surface area contributed by atoms with Crippen molar-refractivity contribution in [2.75, 3.05) is 12.3 Å². The van der Waals surface area contributed by atoms with Crippen LogP contribution >= 0.6 is 0 Å². The van der Waals surface area contributed by atoms with E-state index in [0.29, 0.717) is 12.5 Å². The van der Waals surface area contributed by atoms with Crippen molar-refractivity contribution in [3.05, 3.63) is 12.4 Å². The van der Waals surface area contributed by atoms with E-state index < -0.39 is 10.0 Å². The molecule has 1 aliphatic carbocycles. The molecule has 94 valence electrons. The molecule has 0 spiro atoms. The summed E-state index contributed by atoms with van der Waals surface area (Å²) in [5.41, 5.74) is 5.30. The maximum atomic E-state index is 11.8. The van der Waals surface area contributed by atoms with Crippen molar-refractivity contribution in [2.45, 2.75) is 30.6 Å². The van der Waals surface area contributed by atoms with Gasteiger partial charge in [-0.05, 0) is 12.3 Å². The molecular formula is C10H16N4O2S. The van der Waals surface area contributed by atoms with Gasteiger partial charge in [0.2, 0.25) is 16.0 Å². The first kappa shape index (κ1) is 12.3. The monoisotopic (exact) mass is 256 g/mol. The summed E-state index contributed by atoms with van der Waals surface area (Å²) in [5, 5.41) is 0. The molecule has 1 aliphatic rings. The van der Waals surface area contributed by atoms with Gasteiger partial charge in [-0.1, -0.05) is 19.3 Å². The van der Waals surface area contributed by atoms with Gasteiger partial charge in [-0.15, -0.1) is 0 Å². The number of rotatable bonds is 5. The molecular weight excluding hydrogens is 240 g/mol. The zero-order chi connectivity index (χ0) is 12.3. The van der Waals surface area contributed by atoms with Gasteiger partial charge < -0.3 is 5.73 Å². The van der Waals surface area contributed by atoms with Gasteiger partial charge >= 0.3 is 0 Å². The number of hydrogen-bond donors (Lipinski definition) is 2. The Kier molecular flexibility index (Phi) is 3.58. The maximum absolute atomic E-state index is 11.8. The molecule has 6 nitrogen and oxygen atoms in total. The van der Waals surface area contributed by atoms with E-state index in [2.05, 4.69) is 14.7 Å². The first-order chi connectivity index (χ1) is 8.08. The lowest BCUT2D eigenvalue weighted by molar-refractivity contribution is 0.297. The molecule has 7 heteroatoms. The minimum atomic E-state index is -3.49. The summed E-state index contributed by atoms with van der Waals surface area (Å²) in [7, 11) is -3.49. The van der Waals surface area contributed by atoms with E-state index in [-0.39, 0.29) is 10.8 Å². The van der Waals surface area contributed by atoms with Crippen molar-refractivity contribution in [1.82, 2.24) is 14.7 Å². The average molecular weight is 256 g/mol. The topological polar surface area (TPSA) is 98.0 Å². The Morgan fingerprint density at radius 2 is 2.00 bits per heavy atom. The van der Waals surface area contributed by atoms with Crippen molar-refractivity contribution in [1.29, 1.82) is 0 Å². The quantitative estimate of drug-likeness (QED) is 0.800. The van der Waals surface area contributed by atoms with Gasteiger partial charge in [0.05, 0.1) is 12.4 Å². The standard InChI is InChI=1S/C10H16N4O2S/c11-10-12-6-9(7-13-10)17(15,16)14-5-4-8-2-1-3-8/h6-8,14H,1-5H2,(H2,11,12,13). The van der Waals surface area contributed by atoms with Gasteiger partial charge in [0.25, 0.3) is 0 Å². The molecule has 0 unspecified atom stereocenters. The second kappa shape index (κ2) is 4.97. The van der Waals surface area contributed by atoms with Crippen LogP contribution < -0.4 is 10.5 Å². The van der Waals surface area contributed by atoms with Gasteiger partial charge in [0.1, 0.15) is 4.90 Å². The maximum Gasteiger partial charge on any atom is 0.243 e. The fraction of sp³-hybridized carbons (Fsp3) is 0.600. The summed E-state index contributed by atoms with van der Waals surface area (Å²) in [4.78, 5) is 7.38. The van der Waals surface area contributed by atoms with Gasteiger partial charge in [-0.2, -0.15) is 0 Å². The fourth-order valence-corrected chi connectivity index (χ4v) is 2.66. The number of hydrogen-bond acceptors (Lipinski definition) is 5. The van der Waals surface area contributed by atoms with E-state index in [4.69, 9.17) is 5.73 Å². The van der Waals surface area contributed by atoms with Crippen LogP contribution in [0.5, 0.6) is 0 Å². The van der Waals surface area contributed by atoms with E-state index in [1.807, 2.05) is 0 Å². The number of nitrogen functional groups attached to an aromatic ring is 1. The Hall–Kier alpha value is -1.21. The minimum Gasteiger partial charge on any atom is -0.368 e. The predicted molar refractivity (Wildman–Crippen MR) is 63.6 cm³/mol. The van der Waals surface area contributed by atoms with Crippen molar-refractivity contribution >= 4 is 16.0 Å². The van der Waals surface area contributed by atoms with Crippen LogP contribution in [-0.4, -0.2) is 24.9 Å². The first-order valence-electron chi connectivity index (χ1n) is 5.65. The van der Waals surface area contributed by atoms with E-state index in [0.717, 1.165) is 6.42 Å². The Morgan fingerprint density at radius 1 is 1.35 bits per heavy atom. The van der Waals surface area contributed by atoms with Gasteiger partial charge in [-0.25, -0.2) is 23.1 Å². The lowest BCUT2D eigenvalue weighted by atomic mass is 9.83. The average Bonchev–Trinajstić information content (AvgIpc) is 2.22. The van der Waals surface area contributed by atoms with Crippen molar-refractivity contribution in [2.24, 2.45) is 5.92 Å². The molecule has 1 saturated carbocycles. The van der Waals surface area contributed by atoms with Crippen molar-refractivity contribution in [3.63, 3.8) is 0 Å². The van der Waals surface area contributed by atoms with Crippen LogP contribution in [0.1, 0.15) is 25.7 Å². The third kappa shape index (κ3) is 3.13. The first-order valence-corrected chi connectivity index (χ1v) is 7.13. The highest BCUT2D eigenvalue weighted by Crippen LogP contribution is 2.28. The van der Waals surface area contributed by atoms with Crippen LogP contribution in [0.25, 0.3) is 0 Å². The summed E-state index contributed by atoms with van der Waals surface area (Å²) in [6, 6.07) is 0. The molecule has 0 aliphatic heterocycles. The van der Waals surface area contributed by atoms with E-state index in [1.165, 1.54) is 31.7 Å². The fourth-order valence-electron chi connectivity index (χ4n) is 1.73. The highest BCUT2D eigenvalue weighted by molar-refractivity contribution is 7.89. The lowest BCUT2D eigenvalue weighted by Crippen LogP contribution is -2.27.